The molecule has 0 aromatic heterocycles. The third kappa shape index (κ3) is 1.33. The van der Waals surface area contributed by atoms with Crippen molar-refractivity contribution in [3.8, 4) is 5.75 Å². The number of hydrogen-bond donors (Lipinski definition) is 1. The molecule has 3 atom stereocenters. The van der Waals surface area contributed by atoms with Crippen LogP contribution in [0.2, 0.25) is 0 Å². The van der Waals surface area contributed by atoms with Crippen molar-refractivity contribution in [3.63, 3.8) is 0 Å². The summed E-state index contributed by atoms with van der Waals surface area (Å²) in [5, 5.41) is 0. The maximum absolute atomic E-state index is 6.83. The predicted octanol–water partition coefficient (Wildman–Crippen LogP) is 3.07. The third-order valence-corrected chi connectivity index (χ3v) is 5.50. The fraction of sp³-hybridized carbons (Fsp3) is 0.625. The Bertz CT molecular complexity index is 458. The van der Waals surface area contributed by atoms with Gasteiger partial charge >= 0.3 is 0 Å². The Kier molecular flexibility index (Phi) is 2.25. The molecule has 2 heteroatoms. The van der Waals surface area contributed by atoms with Crippen LogP contribution in [0.3, 0.4) is 0 Å². The molecule has 0 radical (unpaired) electrons. The Morgan fingerprint density at radius 3 is 2.56 bits per heavy atom. The number of fused-ring (bicyclic) bond motifs is 2. The SMILES string of the molecule is NC1(C2CCOc3ccccc32)C2CCCCC21. The second-order valence-corrected chi connectivity index (χ2v) is 6.22. The monoisotopic (exact) mass is 243 g/mol. The maximum atomic E-state index is 6.83. The van der Waals surface area contributed by atoms with E-state index in [9.17, 15) is 0 Å². The van der Waals surface area contributed by atoms with Crippen LogP contribution in [0.15, 0.2) is 24.3 Å². The first-order chi connectivity index (χ1) is 8.82. The molecule has 1 heterocycles. The number of para-hydroxylation sites is 1. The van der Waals surface area contributed by atoms with Crippen molar-refractivity contribution in [2.24, 2.45) is 17.6 Å². The normalized spacial score (nSPS) is 41.5. The Morgan fingerprint density at radius 1 is 1.06 bits per heavy atom. The highest BCUT2D eigenvalue weighted by atomic mass is 16.5. The standard InChI is InChI=1S/C16H21NO/c17-16(13-6-2-3-7-14(13)16)12-9-10-18-15-8-4-1-5-11(12)15/h1,4-5,8,12-14H,2-3,6-7,9-10,17H2. The van der Waals surface area contributed by atoms with Gasteiger partial charge in [-0.2, -0.15) is 0 Å². The minimum atomic E-state index is 0.0797. The second kappa shape index (κ2) is 3.74. The van der Waals surface area contributed by atoms with Crippen LogP contribution in [-0.4, -0.2) is 12.1 Å². The van der Waals surface area contributed by atoms with Crippen molar-refractivity contribution in [2.45, 2.75) is 43.6 Å². The zero-order valence-corrected chi connectivity index (χ0v) is 10.8. The van der Waals surface area contributed by atoms with Gasteiger partial charge in [-0.05, 0) is 42.7 Å². The molecule has 96 valence electrons. The van der Waals surface area contributed by atoms with Gasteiger partial charge < -0.3 is 10.5 Å². The minimum Gasteiger partial charge on any atom is -0.493 e. The molecule has 3 aliphatic rings. The molecule has 2 aliphatic carbocycles. The van der Waals surface area contributed by atoms with E-state index in [1.807, 2.05) is 0 Å². The highest BCUT2D eigenvalue weighted by molar-refractivity contribution is 5.43. The summed E-state index contributed by atoms with van der Waals surface area (Å²) in [5.41, 5.74) is 8.27. The van der Waals surface area contributed by atoms with E-state index in [1.54, 1.807) is 0 Å². The molecule has 2 saturated carbocycles. The summed E-state index contributed by atoms with van der Waals surface area (Å²) in [6, 6.07) is 8.50. The van der Waals surface area contributed by atoms with Gasteiger partial charge in [0.25, 0.3) is 0 Å². The molecule has 4 rings (SSSR count). The van der Waals surface area contributed by atoms with Gasteiger partial charge in [-0.1, -0.05) is 31.0 Å². The lowest BCUT2D eigenvalue weighted by molar-refractivity contribution is 0.244. The van der Waals surface area contributed by atoms with Crippen LogP contribution in [0, 0.1) is 11.8 Å². The molecule has 2 fully saturated rings. The van der Waals surface area contributed by atoms with Crippen LogP contribution < -0.4 is 10.5 Å². The Labute approximate surface area is 109 Å². The first-order valence-corrected chi connectivity index (χ1v) is 7.32. The van der Waals surface area contributed by atoms with Crippen molar-refractivity contribution in [1.82, 2.24) is 0 Å². The molecule has 0 amide bonds. The average Bonchev–Trinajstić information content (AvgIpc) is 3.06. The summed E-state index contributed by atoms with van der Waals surface area (Å²) in [6.45, 7) is 0.833. The Hall–Kier alpha value is -1.02. The lowest BCUT2D eigenvalue weighted by Gasteiger charge is -2.31. The summed E-state index contributed by atoms with van der Waals surface area (Å²) >= 11 is 0. The molecule has 1 aliphatic heterocycles. The molecule has 1 aromatic rings. The maximum Gasteiger partial charge on any atom is 0.122 e. The average molecular weight is 243 g/mol. The van der Waals surface area contributed by atoms with Gasteiger partial charge in [-0.15, -0.1) is 0 Å². The quantitative estimate of drug-likeness (QED) is 0.822. The molecular formula is C16H21NO. The molecule has 0 saturated heterocycles. The van der Waals surface area contributed by atoms with E-state index in [1.165, 1.54) is 31.2 Å². The third-order valence-electron chi connectivity index (χ3n) is 5.50. The molecule has 0 bridgehead atoms. The van der Waals surface area contributed by atoms with Crippen LogP contribution in [-0.2, 0) is 0 Å². The van der Waals surface area contributed by atoms with E-state index < -0.39 is 0 Å². The fourth-order valence-corrected chi connectivity index (χ4v) is 4.60. The van der Waals surface area contributed by atoms with E-state index in [4.69, 9.17) is 10.5 Å². The van der Waals surface area contributed by atoms with Gasteiger partial charge in [0, 0.05) is 11.5 Å². The van der Waals surface area contributed by atoms with Crippen LogP contribution >= 0.6 is 0 Å². The van der Waals surface area contributed by atoms with Gasteiger partial charge in [0.15, 0.2) is 0 Å². The summed E-state index contributed by atoms with van der Waals surface area (Å²) in [7, 11) is 0. The second-order valence-electron chi connectivity index (χ2n) is 6.22. The zero-order chi connectivity index (χ0) is 12.2. The van der Waals surface area contributed by atoms with Crippen molar-refractivity contribution in [2.75, 3.05) is 6.61 Å². The minimum absolute atomic E-state index is 0.0797. The summed E-state index contributed by atoms with van der Waals surface area (Å²) in [4.78, 5) is 0. The van der Waals surface area contributed by atoms with Gasteiger partial charge in [0.1, 0.15) is 5.75 Å². The van der Waals surface area contributed by atoms with E-state index in [2.05, 4.69) is 24.3 Å². The van der Waals surface area contributed by atoms with Crippen LogP contribution in [0.4, 0.5) is 0 Å². The molecular weight excluding hydrogens is 222 g/mol. The fourth-order valence-electron chi connectivity index (χ4n) is 4.60. The summed E-state index contributed by atoms with van der Waals surface area (Å²) < 4.78 is 5.77. The Morgan fingerprint density at radius 2 is 1.78 bits per heavy atom. The zero-order valence-electron chi connectivity index (χ0n) is 10.8. The number of nitrogens with two attached hydrogens (primary N) is 1. The molecule has 1 aromatic carbocycles. The Balaban J connectivity index is 1.71. The first kappa shape index (κ1) is 10.9. The van der Waals surface area contributed by atoms with Crippen molar-refractivity contribution in [1.29, 1.82) is 0 Å². The van der Waals surface area contributed by atoms with E-state index in [0.717, 1.165) is 30.6 Å². The first-order valence-electron chi connectivity index (χ1n) is 7.32. The van der Waals surface area contributed by atoms with Gasteiger partial charge in [0.05, 0.1) is 6.61 Å². The molecule has 0 spiro atoms. The molecule has 2 N–H and O–H groups in total. The topological polar surface area (TPSA) is 35.2 Å². The smallest absolute Gasteiger partial charge is 0.122 e. The van der Waals surface area contributed by atoms with Crippen LogP contribution in [0.1, 0.15) is 43.6 Å². The van der Waals surface area contributed by atoms with E-state index in [-0.39, 0.29) is 5.54 Å². The van der Waals surface area contributed by atoms with E-state index >= 15 is 0 Å². The van der Waals surface area contributed by atoms with Crippen molar-refractivity contribution >= 4 is 0 Å². The molecule has 2 nitrogen and oxygen atoms in total. The number of rotatable bonds is 1. The van der Waals surface area contributed by atoms with Gasteiger partial charge in [0.2, 0.25) is 0 Å². The van der Waals surface area contributed by atoms with Crippen molar-refractivity contribution < 1.29 is 4.74 Å². The van der Waals surface area contributed by atoms with Crippen LogP contribution in [0.5, 0.6) is 5.75 Å². The molecule has 18 heavy (non-hydrogen) atoms. The largest absolute Gasteiger partial charge is 0.493 e. The number of ether oxygens (including phenoxy) is 1. The van der Waals surface area contributed by atoms with Gasteiger partial charge in [-0.25, -0.2) is 0 Å². The summed E-state index contributed by atoms with van der Waals surface area (Å²) in [5.74, 6) is 3.16. The number of benzene rings is 1. The van der Waals surface area contributed by atoms with Gasteiger partial charge in [-0.3, -0.25) is 0 Å². The number of hydrogen-bond acceptors (Lipinski definition) is 2. The lowest BCUT2D eigenvalue weighted by atomic mass is 9.83. The molecule has 3 unspecified atom stereocenters. The highest BCUT2D eigenvalue weighted by Gasteiger charge is 2.65. The van der Waals surface area contributed by atoms with Crippen LogP contribution in [0.25, 0.3) is 0 Å². The lowest BCUT2D eigenvalue weighted by Crippen LogP contribution is -2.37. The van der Waals surface area contributed by atoms with Crippen molar-refractivity contribution in [3.05, 3.63) is 29.8 Å². The summed E-state index contributed by atoms with van der Waals surface area (Å²) in [6.07, 6.45) is 6.55. The van der Waals surface area contributed by atoms with E-state index in [0.29, 0.717) is 5.92 Å². The highest BCUT2D eigenvalue weighted by Crippen LogP contribution is 2.64. The predicted molar refractivity (Wildman–Crippen MR) is 71.7 cm³/mol.